The van der Waals surface area contributed by atoms with Crippen LogP contribution >= 0.6 is 15.9 Å². The zero-order chi connectivity index (χ0) is 12.4. The molecular formula is C13H16BrNO2. The largest absolute Gasteiger partial charge is 0.481 e. The van der Waals surface area contributed by atoms with E-state index in [0.717, 1.165) is 12.8 Å². The number of hydrogen-bond donors (Lipinski definition) is 1. The van der Waals surface area contributed by atoms with Crippen molar-refractivity contribution >= 4 is 21.9 Å². The van der Waals surface area contributed by atoms with E-state index in [1.807, 2.05) is 13.1 Å². The number of rotatable bonds is 4. The van der Waals surface area contributed by atoms with Crippen molar-refractivity contribution in [3.05, 3.63) is 33.8 Å². The van der Waals surface area contributed by atoms with E-state index in [-0.39, 0.29) is 6.42 Å². The first-order valence-electron chi connectivity index (χ1n) is 5.79. The van der Waals surface area contributed by atoms with Crippen molar-refractivity contribution < 1.29 is 9.90 Å². The molecule has 1 atom stereocenters. The van der Waals surface area contributed by atoms with Crippen LogP contribution in [-0.2, 0) is 11.2 Å². The van der Waals surface area contributed by atoms with Crippen molar-refractivity contribution in [3.8, 4) is 0 Å². The van der Waals surface area contributed by atoms with Crippen LogP contribution < -0.4 is 0 Å². The molecule has 0 aromatic heterocycles. The Balaban J connectivity index is 2.11. The van der Waals surface area contributed by atoms with Crippen LogP contribution in [0.3, 0.4) is 0 Å². The lowest BCUT2D eigenvalue weighted by atomic mass is 10.1. The van der Waals surface area contributed by atoms with Crippen LogP contribution in [0.5, 0.6) is 0 Å². The monoisotopic (exact) mass is 297 g/mol. The highest BCUT2D eigenvalue weighted by atomic mass is 79.9. The van der Waals surface area contributed by atoms with Crippen molar-refractivity contribution in [2.24, 2.45) is 0 Å². The second kappa shape index (κ2) is 5.19. The summed E-state index contributed by atoms with van der Waals surface area (Å²) < 4.78 is 1.17. The fraction of sp³-hybridized carbons (Fsp3) is 0.462. The molecule has 1 N–H and O–H groups in total. The second-order valence-electron chi connectivity index (χ2n) is 4.49. The minimum atomic E-state index is -0.732. The molecule has 0 heterocycles. The number of hydrogen-bond acceptors (Lipinski definition) is 2. The highest BCUT2D eigenvalue weighted by Crippen LogP contribution is 2.38. The van der Waals surface area contributed by atoms with Gasteiger partial charge in [-0.3, -0.25) is 9.69 Å². The van der Waals surface area contributed by atoms with E-state index in [2.05, 4.69) is 33.0 Å². The van der Waals surface area contributed by atoms with Gasteiger partial charge in [-0.15, -0.1) is 0 Å². The van der Waals surface area contributed by atoms with Crippen LogP contribution in [0, 0.1) is 0 Å². The van der Waals surface area contributed by atoms with E-state index in [9.17, 15) is 4.79 Å². The molecule has 2 rings (SSSR count). The minimum Gasteiger partial charge on any atom is -0.481 e. The van der Waals surface area contributed by atoms with Gasteiger partial charge in [0, 0.05) is 17.1 Å². The van der Waals surface area contributed by atoms with E-state index in [1.54, 1.807) is 0 Å². The molecule has 1 aromatic rings. The molecule has 92 valence electrons. The first-order valence-corrected chi connectivity index (χ1v) is 6.58. The molecule has 1 unspecified atom stereocenters. The van der Waals surface area contributed by atoms with Gasteiger partial charge in [-0.2, -0.15) is 0 Å². The first-order chi connectivity index (χ1) is 8.09. The standard InChI is InChI=1S/C13H16BrNO2/c1-15(8-7-13(16)17)12-6-5-9-10(12)3-2-4-11(9)14/h2-4,12H,5-8H2,1H3,(H,16,17). The van der Waals surface area contributed by atoms with Crippen molar-refractivity contribution in [2.75, 3.05) is 13.6 Å². The zero-order valence-electron chi connectivity index (χ0n) is 9.82. The predicted octanol–water partition coefficient (Wildman–Crippen LogP) is 2.84. The lowest BCUT2D eigenvalue weighted by Crippen LogP contribution is -2.25. The number of carboxylic acids is 1. The number of benzene rings is 1. The molecule has 0 fully saturated rings. The molecule has 0 saturated carbocycles. The fourth-order valence-corrected chi connectivity index (χ4v) is 3.05. The molecule has 1 aliphatic rings. The van der Waals surface area contributed by atoms with Gasteiger partial charge in [-0.05, 0) is 37.1 Å². The molecule has 17 heavy (non-hydrogen) atoms. The third-order valence-electron chi connectivity index (χ3n) is 3.39. The summed E-state index contributed by atoms with van der Waals surface area (Å²) in [5.41, 5.74) is 2.71. The van der Waals surface area contributed by atoms with Gasteiger partial charge < -0.3 is 5.11 Å². The summed E-state index contributed by atoms with van der Waals surface area (Å²) in [6.45, 7) is 0.603. The van der Waals surface area contributed by atoms with Crippen molar-refractivity contribution in [3.63, 3.8) is 0 Å². The number of halogens is 1. The van der Waals surface area contributed by atoms with Crippen LogP contribution in [0.4, 0.5) is 0 Å². The smallest absolute Gasteiger partial charge is 0.304 e. The van der Waals surface area contributed by atoms with E-state index >= 15 is 0 Å². The van der Waals surface area contributed by atoms with Crippen LogP contribution in [0.25, 0.3) is 0 Å². The number of nitrogens with zero attached hydrogens (tertiary/aromatic N) is 1. The molecule has 1 aliphatic carbocycles. The summed E-state index contributed by atoms with van der Waals surface area (Å²) in [4.78, 5) is 12.7. The summed E-state index contributed by atoms with van der Waals surface area (Å²) >= 11 is 3.57. The normalized spacial score (nSPS) is 18.4. The summed E-state index contributed by atoms with van der Waals surface area (Å²) in [6.07, 6.45) is 2.35. The molecule has 3 nitrogen and oxygen atoms in total. The summed E-state index contributed by atoms with van der Waals surface area (Å²) in [5, 5.41) is 8.71. The van der Waals surface area contributed by atoms with Crippen LogP contribution in [0.2, 0.25) is 0 Å². The topological polar surface area (TPSA) is 40.5 Å². The average molecular weight is 298 g/mol. The Morgan fingerprint density at radius 1 is 1.59 bits per heavy atom. The maximum atomic E-state index is 10.6. The molecule has 4 heteroatoms. The fourth-order valence-electron chi connectivity index (χ4n) is 2.47. The lowest BCUT2D eigenvalue weighted by Gasteiger charge is -2.24. The Morgan fingerprint density at radius 2 is 2.35 bits per heavy atom. The average Bonchev–Trinajstić information content (AvgIpc) is 2.71. The maximum absolute atomic E-state index is 10.6. The van der Waals surface area contributed by atoms with Crippen LogP contribution in [-0.4, -0.2) is 29.6 Å². The zero-order valence-corrected chi connectivity index (χ0v) is 11.4. The van der Waals surface area contributed by atoms with Gasteiger partial charge in [-0.25, -0.2) is 0 Å². The number of fused-ring (bicyclic) bond motifs is 1. The van der Waals surface area contributed by atoms with Gasteiger partial charge in [0.1, 0.15) is 0 Å². The summed E-state index contributed by atoms with van der Waals surface area (Å²) in [7, 11) is 2.00. The maximum Gasteiger partial charge on any atom is 0.304 e. The molecule has 0 radical (unpaired) electrons. The quantitative estimate of drug-likeness (QED) is 0.929. The van der Waals surface area contributed by atoms with Gasteiger partial charge >= 0.3 is 5.97 Å². The second-order valence-corrected chi connectivity index (χ2v) is 5.34. The molecular weight excluding hydrogens is 282 g/mol. The summed E-state index contributed by atoms with van der Waals surface area (Å²) in [6, 6.07) is 6.63. The molecule has 0 bridgehead atoms. The van der Waals surface area contributed by atoms with Gasteiger partial charge in [0.2, 0.25) is 0 Å². The number of carboxylic acid groups (broad SMARTS) is 1. The van der Waals surface area contributed by atoms with E-state index in [0.29, 0.717) is 12.6 Å². The van der Waals surface area contributed by atoms with Gasteiger partial charge in [0.25, 0.3) is 0 Å². The number of carbonyl (C=O) groups is 1. The van der Waals surface area contributed by atoms with E-state index in [4.69, 9.17) is 5.11 Å². The van der Waals surface area contributed by atoms with Gasteiger partial charge in [-0.1, -0.05) is 28.1 Å². The third-order valence-corrected chi connectivity index (χ3v) is 4.14. The number of aliphatic carboxylic acids is 1. The first kappa shape index (κ1) is 12.6. The van der Waals surface area contributed by atoms with Crippen molar-refractivity contribution in [1.29, 1.82) is 0 Å². The van der Waals surface area contributed by atoms with Crippen LogP contribution in [0.1, 0.15) is 30.0 Å². The Hall–Kier alpha value is -0.870. The Morgan fingerprint density at radius 3 is 3.06 bits per heavy atom. The molecule has 1 aromatic carbocycles. The van der Waals surface area contributed by atoms with Crippen molar-refractivity contribution in [1.82, 2.24) is 4.90 Å². The molecule has 0 aliphatic heterocycles. The molecule has 0 saturated heterocycles. The molecule has 0 amide bonds. The van der Waals surface area contributed by atoms with E-state index < -0.39 is 5.97 Å². The van der Waals surface area contributed by atoms with Gasteiger partial charge in [0.15, 0.2) is 0 Å². The highest BCUT2D eigenvalue weighted by molar-refractivity contribution is 9.10. The minimum absolute atomic E-state index is 0.205. The lowest BCUT2D eigenvalue weighted by molar-refractivity contribution is -0.137. The highest BCUT2D eigenvalue weighted by Gasteiger charge is 2.26. The predicted molar refractivity (Wildman–Crippen MR) is 70.1 cm³/mol. The Kier molecular flexibility index (Phi) is 3.84. The molecule has 0 spiro atoms. The Labute approximate surface area is 110 Å². The Bertz CT molecular complexity index is 433. The SMILES string of the molecule is CN(CCC(=O)O)C1CCc2c(Br)cccc21. The van der Waals surface area contributed by atoms with Crippen molar-refractivity contribution in [2.45, 2.75) is 25.3 Å². The van der Waals surface area contributed by atoms with E-state index in [1.165, 1.54) is 15.6 Å². The third kappa shape index (κ3) is 2.69. The summed E-state index contributed by atoms with van der Waals surface area (Å²) in [5.74, 6) is -0.732. The van der Waals surface area contributed by atoms with Crippen LogP contribution in [0.15, 0.2) is 22.7 Å². The van der Waals surface area contributed by atoms with Gasteiger partial charge in [0.05, 0.1) is 6.42 Å².